The average Bonchev–Trinajstić information content (AvgIpc) is 2.42. The van der Waals surface area contributed by atoms with E-state index in [1.54, 1.807) is 11.8 Å². The van der Waals surface area contributed by atoms with Crippen LogP contribution >= 0.6 is 11.8 Å². The zero-order valence-corrected chi connectivity index (χ0v) is 13.0. The molecule has 0 aliphatic carbocycles. The summed E-state index contributed by atoms with van der Waals surface area (Å²) in [5.74, 6) is 5.31. The lowest BCUT2D eigenvalue weighted by atomic mass is 10.2. The molecule has 1 rings (SSSR count). The largest absolute Gasteiger partial charge is 0.320 e. The minimum atomic E-state index is -3.68. The van der Waals surface area contributed by atoms with E-state index >= 15 is 0 Å². The van der Waals surface area contributed by atoms with Gasteiger partial charge in [0.15, 0.2) is 0 Å². The summed E-state index contributed by atoms with van der Waals surface area (Å²) in [6.07, 6.45) is 1.90. The topological polar surface area (TPSA) is 63.4 Å². The third-order valence-corrected chi connectivity index (χ3v) is 5.07. The Morgan fingerprint density at radius 1 is 1.45 bits per heavy atom. The van der Waals surface area contributed by atoms with E-state index in [1.807, 2.05) is 6.26 Å². The molecule has 1 aromatic carbocycles. The summed E-state index contributed by atoms with van der Waals surface area (Å²) in [5.41, 5.74) is 5.40. The minimum Gasteiger partial charge on any atom is -0.320 e. The summed E-state index contributed by atoms with van der Waals surface area (Å²) in [6.45, 7) is 0.461. The second kappa shape index (κ2) is 7.64. The number of thioether (sulfide) groups is 1. The molecule has 4 nitrogen and oxygen atoms in total. The van der Waals surface area contributed by atoms with E-state index in [-0.39, 0.29) is 17.0 Å². The maximum absolute atomic E-state index is 13.3. The van der Waals surface area contributed by atoms with E-state index in [0.717, 1.165) is 12.1 Å². The normalized spacial score (nSPS) is 11.2. The average molecular weight is 316 g/mol. The van der Waals surface area contributed by atoms with Crippen LogP contribution in [0.3, 0.4) is 0 Å². The van der Waals surface area contributed by atoms with Crippen LogP contribution in [-0.4, -0.2) is 44.9 Å². The van der Waals surface area contributed by atoms with Crippen LogP contribution in [0, 0.1) is 17.7 Å². The van der Waals surface area contributed by atoms with Crippen molar-refractivity contribution in [1.29, 1.82) is 0 Å². The Bertz CT molecular complexity index is 621. The third kappa shape index (κ3) is 4.21. The van der Waals surface area contributed by atoms with Crippen LogP contribution in [0.25, 0.3) is 0 Å². The maximum atomic E-state index is 13.3. The number of benzene rings is 1. The van der Waals surface area contributed by atoms with Crippen LogP contribution in [0.4, 0.5) is 4.39 Å². The Hall–Kier alpha value is -1.07. The van der Waals surface area contributed by atoms with Gasteiger partial charge >= 0.3 is 0 Å². The third-order valence-electron chi connectivity index (χ3n) is 2.57. The quantitative estimate of drug-likeness (QED) is 0.827. The fourth-order valence-electron chi connectivity index (χ4n) is 1.48. The molecule has 0 saturated heterocycles. The highest BCUT2D eigenvalue weighted by atomic mass is 32.2. The molecule has 0 radical (unpaired) electrons. The molecule has 0 bridgehead atoms. The van der Waals surface area contributed by atoms with E-state index in [9.17, 15) is 12.8 Å². The molecule has 0 aliphatic rings. The highest BCUT2D eigenvalue weighted by molar-refractivity contribution is 7.98. The first-order chi connectivity index (χ1) is 9.43. The molecular weight excluding hydrogens is 299 g/mol. The molecule has 0 amide bonds. The molecule has 0 atom stereocenters. The number of halogens is 1. The summed E-state index contributed by atoms with van der Waals surface area (Å²) < 4.78 is 39.4. The summed E-state index contributed by atoms with van der Waals surface area (Å²) in [5, 5.41) is 0. The number of hydrogen-bond acceptors (Lipinski definition) is 4. The predicted octanol–water partition coefficient (Wildman–Crippen LogP) is 1.12. The summed E-state index contributed by atoms with van der Waals surface area (Å²) >= 11 is 1.55. The van der Waals surface area contributed by atoms with Crippen LogP contribution in [0.1, 0.15) is 5.56 Å². The van der Waals surface area contributed by atoms with Gasteiger partial charge in [0, 0.05) is 24.9 Å². The Morgan fingerprint density at radius 3 is 2.75 bits per heavy atom. The van der Waals surface area contributed by atoms with Crippen LogP contribution < -0.4 is 5.73 Å². The molecule has 0 fully saturated rings. The van der Waals surface area contributed by atoms with Crippen molar-refractivity contribution in [2.75, 3.05) is 32.1 Å². The van der Waals surface area contributed by atoms with Crippen LogP contribution in [-0.2, 0) is 10.0 Å². The number of rotatable bonds is 5. The molecule has 0 aliphatic heterocycles. The van der Waals surface area contributed by atoms with E-state index in [1.165, 1.54) is 17.4 Å². The first-order valence-electron chi connectivity index (χ1n) is 5.87. The van der Waals surface area contributed by atoms with Gasteiger partial charge in [0.2, 0.25) is 10.0 Å². The van der Waals surface area contributed by atoms with Gasteiger partial charge in [-0.15, -0.1) is 0 Å². The zero-order valence-electron chi connectivity index (χ0n) is 11.4. The van der Waals surface area contributed by atoms with Gasteiger partial charge < -0.3 is 5.73 Å². The van der Waals surface area contributed by atoms with E-state index in [4.69, 9.17) is 5.73 Å². The monoisotopic (exact) mass is 316 g/mol. The van der Waals surface area contributed by atoms with E-state index < -0.39 is 15.8 Å². The van der Waals surface area contributed by atoms with Gasteiger partial charge in [0.05, 0.1) is 11.4 Å². The van der Waals surface area contributed by atoms with Crippen LogP contribution in [0.5, 0.6) is 0 Å². The summed E-state index contributed by atoms with van der Waals surface area (Å²) in [6, 6.07) is 3.46. The van der Waals surface area contributed by atoms with Gasteiger partial charge in [-0.3, -0.25) is 0 Å². The molecule has 1 aromatic rings. The first kappa shape index (κ1) is 17.0. The summed E-state index contributed by atoms with van der Waals surface area (Å²) in [7, 11) is -2.18. The number of nitrogens with two attached hydrogens (primary N) is 1. The highest BCUT2D eigenvalue weighted by Gasteiger charge is 2.23. The minimum absolute atomic E-state index is 0.00320. The SMILES string of the molecule is CSCCN(C)S(=O)(=O)c1ccc(F)cc1C#CCN. The van der Waals surface area contributed by atoms with E-state index in [2.05, 4.69) is 11.8 Å². The lowest BCUT2D eigenvalue weighted by Crippen LogP contribution is -2.29. The van der Waals surface area contributed by atoms with Gasteiger partial charge in [-0.05, 0) is 24.5 Å². The van der Waals surface area contributed by atoms with Crippen molar-refractivity contribution < 1.29 is 12.8 Å². The second-order valence-electron chi connectivity index (χ2n) is 3.97. The molecule has 2 N–H and O–H groups in total. The second-order valence-corrected chi connectivity index (χ2v) is 6.96. The molecule has 110 valence electrons. The number of nitrogens with zero attached hydrogens (tertiary/aromatic N) is 1. The molecule has 0 unspecified atom stereocenters. The fraction of sp³-hybridized carbons (Fsp3) is 0.385. The molecule has 0 spiro atoms. The van der Waals surface area contributed by atoms with Crippen molar-refractivity contribution in [2.24, 2.45) is 5.73 Å². The first-order valence-corrected chi connectivity index (χ1v) is 8.70. The Balaban J connectivity index is 3.23. The molecule has 7 heteroatoms. The maximum Gasteiger partial charge on any atom is 0.244 e. The van der Waals surface area contributed by atoms with Crippen molar-refractivity contribution in [1.82, 2.24) is 4.31 Å². The van der Waals surface area contributed by atoms with Crippen molar-refractivity contribution in [3.63, 3.8) is 0 Å². The number of hydrogen-bond donors (Lipinski definition) is 1. The highest BCUT2D eigenvalue weighted by Crippen LogP contribution is 2.20. The smallest absolute Gasteiger partial charge is 0.244 e. The predicted molar refractivity (Wildman–Crippen MR) is 80.5 cm³/mol. The molecule has 0 saturated carbocycles. The van der Waals surface area contributed by atoms with E-state index in [0.29, 0.717) is 12.3 Å². The zero-order chi connectivity index (χ0) is 15.2. The van der Waals surface area contributed by atoms with Gasteiger partial charge in [0.1, 0.15) is 5.82 Å². The Morgan fingerprint density at radius 2 is 2.15 bits per heavy atom. The summed E-state index contributed by atoms with van der Waals surface area (Å²) in [4.78, 5) is 0.00320. The molecular formula is C13H17FN2O2S2. The van der Waals surface area contributed by atoms with Crippen LogP contribution in [0.15, 0.2) is 23.1 Å². The molecule has 0 aromatic heterocycles. The van der Waals surface area contributed by atoms with Gasteiger partial charge in [-0.2, -0.15) is 11.8 Å². The van der Waals surface area contributed by atoms with Crippen molar-refractivity contribution in [3.8, 4) is 11.8 Å². The lowest BCUT2D eigenvalue weighted by molar-refractivity contribution is 0.488. The van der Waals surface area contributed by atoms with Crippen molar-refractivity contribution in [3.05, 3.63) is 29.6 Å². The fourth-order valence-corrected chi connectivity index (χ4v) is 3.35. The lowest BCUT2D eigenvalue weighted by Gasteiger charge is -2.17. The van der Waals surface area contributed by atoms with Gasteiger partial charge in [0.25, 0.3) is 0 Å². The Kier molecular flexibility index (Phi) is 6.49. The molecule has 20 heavy (non-hydrogen) atoms. The van der Waals surface area contributed by atoms with Crippen molar-refractivity contribution >= 4 is 21.8 Å². The molecule has 0 heterocycles. The Labute approximate surface area is 123 Å². The van der Waals surface area contributed by atoms with Gasteiger partial charge in [-0.25, -0.2) is 17.1 Å². The van der Waals surface area contributed by atoms with Crippen molar-refractivity contribution in [2.45, 2.75) is 4.90 Å². The van der Waals surface area contributed by atoms with Crippen LogP contribution in [0.2, 0.25) is 0 Å². The number of sulfonamides is 1. The van der Waals surface area contributed by atoms with Gasteiger partial charge in [-0.1, -0.05) is 11.8 Å². The standard InChI is InChI=1S/C13H17FN2O2S2/c1-16(8-9-19-2)20(17,18)13-6-5-12(14)10-11(13)4-3-7-15/h5-6,10H,7-9,15H2,1-2H3.